The first kappa shape index (κ1) is 17.2. The van der Waals surface area contributed by atoms with E-state index in [9.17, 15) is 8.42 Å². The van der Waals surface area contributed by atoms with Crippen LogP contribution in [0, 0.1) is 0 Å². The molecule has 2 N–H and O–H groups in total. The predicted octanol–water partition coefficient (Wildman–Crippen LogP) is 3.20. The maximum absolute atomic E-state index is 11.4. The third kappa shape index (κ3) is 4.41. The van der Waals surface area contributed by atoms with Crippen molar-refractivity contribution in [2.45, 2.75) is 42.8 Å². The van der Waals surface area contributed by atoms with E-state index in [1.807, 2.05) is 0 Å². The maximum atomic E-state index is 11.4. The molecule has 0 aliphatic heterocycles. The molecule has 0 heterocycles. The number of rotatable bonds is 4. The third-order valence-electron chi connectivity index (χ3n) is 3.50. The van der Waals surface area contributed by atoms with Crippen LogP contribution in [0.3, 0.4) is 0 Å². The first-order valence-electron chi connectivity index (χ1n) is 6.52. The van der Waals surface area contributed by atoms with Crippen molar-refractivity contribution in [2.75, 3.05) is 7.11 Å². The van der Waals surface area contributed by atoms with Crippen LogP contribution in [0.25, 0.3) is 0 Å². The lowest BCUT2D eigenvalue weighted by Crippen LogP contribution is -2.29. The quantitative estimate of drug-likeness (QED) is 0.776. The SMILES string of the molecule is COC1CCCC(Oc2c(Br)cc(S(N)(=O)=O)cc2Br)C1. The van der Waals surface area contributed by atoms with Crippen LogP contribution in [0.2, 0.25) is 0 Å². The molecule has 1 aliphatic rings. The van der Waals surface area contributed by atoms with Crippen LogP contribution in [0.1, 0.15) is 25.7 Å². The number of sulfonamides is 1. The lowest BCUT2D eigenvalue weighted by Gasteiger charge is -2.29. The topological polar surface area (TPSA) is 78.6 Å². The monoisotopic (exact) mass is 441 g/mol. The first-order valence-corrected chi connectivity index (χ1v) is 9.65. The fourth-order valence-electron chi connectivity index (χ4n) is 2.40. The Balaban J connectivity index is 2.21. The molecular formula is C13H17Br2NO4S. The van der Waals surface area contributed by atoms with Crippen LogP contribution in [0.4, 0.5) is 0 Å². The molecule has 0 spiro atoms. The summed E-state index contributed by atoms with van der Waals surface area (Å²) in [5.74, 6) is 0.587. The average Bonchev–Trinajstić information content (AvgIpc) is 2.42. The molecule has 0 bridgehead atoms. The number of ether oxygens (including phenoxy) is 2. The zero-order valence-corrected chi connectivity index (χ0v) is 15.5. The van der Waals surface area contributed by atoms with Gasteiger partial charge in [-0.2, -0.15) is 0 Å². The molecule has 8 heteroatoms. The molecule has 0 saturated heterocycles. The van der Waals surface area contributed by atoms with Gasteiger partial charge >= 0.3 is 0 Å². The third-order valence-corrected chi connectivity index (χ3v) is 5.57. The molecule has 5 nitrogen and oxygen atoms in total. The molecule has 2 unspecified atom stereocenters. The Bertz CT molecular complexity index is 598. The Kier molecular flexibility index (Phi) is 5.70. The molecule has 118 valence electrons. The highest BCUT2D eigenvalue weighted by atomic mass is 79.9. The summed E-state index contributed by atoms with van der Waals surface area (Å²) in [5.41, 5.74) is 0. The Labute approximate surface area is 141 Å². The van der Waals surface area contributed by atoms with Crippen molar-refractivity contribution >= 4 is 41.9 Å². The van der Waals surface area contributed by atoms with E-state index in [4.69, 9.17) is 14.6 Å². The number of benzene rings is 1. The molecule has 1 aromatic rings. The van der Waals surface area contributed by atoms with Gasteiger partial charge < -0.3 is 9.47 Å². The van der Waals surface area contributed by atoms with E-state index < -0.39 is 10.0 Å². The van der Waals surface area contributed by atoms with Crippen molar-refractivity contribution in [3.05, 3.63) is 21.1 Å². The molecule has 1 saturated carbocycles. The van der Waals surface area contributed by atoms with E-state index >= 15 is 0 Å². The van der Waals surface area contributed by atoms with Crippen LogP contribution >= 0.6 is 31.9 Å². The van der Waals surface area contributed by atoms with Gasteiger partial charge in [0.15, 0.2) is 0 Å². The van der Waals surface area contributed by atoms with E-state index in [2.05, 4.69) is 31.9 Å². The highest BCUT2D eigenvalue weighted by Crippen LogP contribution is 2.38. The lowest BCUT2D eigenvalue weighted by molar-refractivity contribution is 0.0204. The van der Waals surface area contributed by atoms with Gasteiger partial charge in [-0.25, -0.2) is 13.6 Å². The molecular weight excluding hydrogens is 426 g/mol. The van der Waals surface area contributed by atoms with Crippen LogP contribution in [-0.2, 0) is 14.8 Å². The Hall–Kier alpha value is -0.150. The summed E-state index contributed by atoms with van der Waals surface area (Å²) in [6.45, 7) is 0. The zero-order chi connectivity index (χ0) is 15.6. The van der Waals surface area contributed by atoms with Gasteiger partial charge in [-0.1, -0.05) is 0 Å². The molecule has 2 atom stereocenters. The van der Waals surface area contributed by atoms with E-state index in [1.54, 1.807) is 7.11 Å². The fraction of sp³-hybridized carbons (Fsp3) is 0.538. The van der Waals surface area contributed by atoms with Gasteiger partial charge in [0.05, 0.1) is 19.9 Å². The van der Waals surface area contributed by atoms with Gasteiger partial charge in [0.1, 0.15) is 11.9 Å². The van der Waals surface area contributed by atoms with Gasteiger partial charge in [0, 0.05) is 13.5 Å². The van der Waals surface area contributed by atoms with Crippen molar-refractivity contribution < 1.29 is 17.9 Å². The number of halogens is 2. The summed E-state index contributed by atoms with van der Waals surface area (Å²) >= 11 is 6.69. The molecule has 2 rings (SSSR count). The highest BCUT2D eigenvalue weighted by molar-refractivity contribution is 9.11. The second-order valence-electron chi connectivity index (χ2n) is 5.03. The minimum Gasteiger partial charge on any atom is -0.488 e. The molecule has 0 aromatic heterocycles. The zero-order valence-electron chi connectivity index (χ0n) is 11.5. The van der Waals surface area contributed by atoms with Gasteiger partial charge in [-0.3, -0.25) is 0 Å². The summed E-state index contributed by atoms with van der Waals surface area (Å²) < 4.78 is 35.3. The van der Waals surface area contributed by atoms with Crippen LogP contribution < -0.4 is 9.88 Å². The fourth-order valence-corrected chi connectivity index (χ4v) is 4.64. The van der Waals surface area contributed by atoms with Gasteiger partial charge in [0.2, 0.25) is 10.0 Å². The highest BCUT2D eigenvalue weighted by Gasteiger charge is 2.25. The van der Waals surface area contributed by atoms with Crippen LogP contribution in [0.15, 0.2) is 26.0 Å². The predicted molar refractivity (Wildman–Crippen MR) is 86.9 cm³/mol. The van der Waals surface area contributed by atoms with Gasteiger partial charge in [-0.05, 0) is 63.3 Å². The standard InChI is InChI=1S/C13H17Br2NO4S/c1-19-8-3-2-4-9(5-8)20-13-11(14)6-10(7-12(13)15)21(16,17)18/h6-9H,2-5H2,1H3,(H2,16,17,18). The normalized spacial score (nSPS) is 23.0. The number of hydrogen-bond acceptors (Lipinski definition) is 4. The Morgan fingerprint density at radius 1 is 1.19 bits per heavy atom. The lowest BCUT2D eigenvalue weighted by atomic mass is 9.95. The molecule has 21 heavy (non-hydrogen) atoms. The summed E-state index contributed by atoms with van der Waals surface area (Å²) in [6, 6.07) is 2.90. The van der Waals surface area contributed by atoms with E-state index in [0.717, 1.165) is 25.7 Å². The second kappa shape index (κ2) is 6.95. The van der Waals surface area contributed by atoms with Crippen molar-refractivity contribution in [2.24, 2.45) is 5.14 Å². The molecule has 1 aliphatic carbocycles. The minimum absolute atomic E-state index is 0.0343. The van der Waals surface area contributed by atoms with Crippen molar-refractivity contribution in [3.63, 3.8) is 0 Å². The van der Waals surface area contributed by atoms with Gasteiger partial charge in [-0.15, -0.1) is 0 Å². The maximum Gasteiger partial charge on any atom is 0.238 e. The molecule has 1 fully saturated rings. The van der Waals surface area contributed by atoms with Crippen molar-refractivity contribution in [3.8, 4) is 5.75 Å². The number of primary sulfonamides is 1. The summed E-state index contributed by atoms with van der Waals surface area (Å²) in [7, 11) is -2.04. The smallest absolute Gasteiger partial charge is 0.238 e. The molecule has 0 amide bonds. The van der Waals surface area contributed by atoms with E-state index in [1.165, 1.54) is 12.1 Å². The number of methoxy groups -OCH3 is 1. The number of nitrogens with two attached hydrogens (primary N) is 1. The average molecular weight is 443 g/mol. The first-order chi connectivity index (χ1) is 9.81. The van der Waals surface area contributed by atoms with Crippen molar-refractivity contribution in [1.82, 2.24) is 0 Å². The molecule has 0 radical (unpaired) electrons. The largest absolute Gasteiger partial charge is 0.488 e. The minimum atomic E-state index is -3.75. The Morgan fingerprint density at radius 3 is 2.29 bits per heavy atom. The summed E-state index contributed by atoms with van der Waals surface area (Å²) in [6.07, 6.45) is 4.14. The van der Waals surface area contributed by atoms with Crippen molar-refractivity contribution in [1.29, 1.82) is 0 Å². The summed E-state index contributed by atoms with van der Waals surface area (Å²) in [4.78, 5) is 0.0343. The van der Waals surface area contributed by atoms with Crippen LogP contribution in [0.5, 0.6) is 5.75 Å². The van der Waals surface area contributed by atoms with E-state index in [0.29, 0.717) is 14.7 Å². The second-order valence-corrected chi connectivity index (χ2v) is 8.30. The molecule has 1 aromatic carbocycles. The van der Waals surface area contributed by atoms with Gasteiger partial charge in [0.25, 0.3) is 0 Å². The van der Waals surface area contributed by atoms with E-state index in [-0.39, 0.29) is 17.1 Å². The summed E-state index contributed by atoms with van der Waals surface area (Å²) in [5, 5.41) is 5.14. The number of hydrogen-bond donors (Lipinski definition) is 1. The van der Waals surface area contributed by atoms with Crippen LogP contribution in [-0.4, -0.2) is 27.7 Å². The Morgan fingerprint density at radius 2 is 1.76 bits per heavy atom.